The maximum absolute atomic E-state index is 12.6. The summed E-state index contributed by atoms with van der Waals surface area (Å²) in [7, 11) is 0. The van der Waals surface area contributed by atoms with E-state index in [0.29, 0.717) is 23.7 Å². The molecule has 2 aromatic carbocycles. The Labute approximate surface area is 186 Å². The van der Waals surface area contributed by atoms with Crippen LogP contribution in [0, 0.1) is 13.8 Å². The first kappa shape index (κ1) is 23.7. The number of unbranched alkanes of at least 4 members (excludes halogenated alkanes) is 3. The van der Waals surface area contributed by atoms with E-state index in [1.165, 1.54) is 0 Å². The number of carbonyl (C=O) groups excluding carboxylic acids is 2. The molecule has 0 unspecified atom stereocenters. The molecule has 0 aliphatic carbocycles. The third-order valence-corrected chi connectivity index (χ3v) is 5.01. The maximum atomic E-state index is 12.6. The molecule has 0 spiro atoms. The molecule has 2 amide bonds. The smallest absolute Gasteiger partial charge is 0.276 e. The highest BCUT2D eigenvalue weighted by atomic mass is 79.9. The number of halogens is 1. The minimum absolute atomic E-state index is 0.203. The molecule has 30 heavy (non-hydrogen) atoms. The number of aryl methyl sites for hydroxylation is 2. The van der Waals surface area contributed by atoms with Crippen molar-refractivity contribution in [3.63, 3.8) is 0 Å². The summed E-state index contributed by atoms with van der Waals surface area (Å²) >= 11 is 3.37. The normalized spacial score (nSPS) is 10.4. The van der Waals surface area contributed by atoms with Gasteiger partial charge in [0, 0.05) is 4.47 Å². The van der Waals surface area contributed by atoms with Gasteiger partial charge in [-0.25, -0.2) is 0 Å². The third-order valence-electron chi connectivity index (χ3n) is 4.51. The van der Waals surface area contributed by atoms with Gasteiger partial charge in [-0.1, -0.05) is 60.3 Å². The van der Waals surface area contributed by atoms with Gasteiger partial charge in [0.2, 0.25) is 0 Å². The third kappa shape index (κ3) is 7.37. The molecule has 0 bridgehead atoms. The molecule has 2 rings (SSSR count). The van der Waals surface area contributed by atoms with E-state index in [9.17, 15) is 9.59 Å². The van der Waals surface area contributed by atoms with Crippen molar-refractivity contribution in [1.29, 1.82) is 0 Å². The number of hydrogen-bond donors (Lipinski definition) is 2. The lowest BCUT2D eigenvalue weighted by Gasteiger charge is -2.14. The monoisotopic (exact) mass is 476 g/mol. The van der Waals surface area contributed by atoms with Crippen LogP contribution in [0.15, 0.2) is 40.9 Å². The van der Waals surface area contributed by atoms with Gasteiger partial charge in [-0.15, -0.1) is 0 Å². The minimum Gasteiger partial charge on any atom is -0.493 e. The zero-order chi connectivity index (χ0) is 21.9. The zero-order valence-electron chi connectivity index (χ0n) is 17.7. The molecule has 7 heteroatoms. The van der Waals surface area contributed by atoms with Gasteiger partial charge in [0.25, 0.3) is 11.8 Å². The molecule has 0 saturated heterocycles. The molecule has 0 radical (unpaired) electrons. The molecule has 0 atom stereocenters. The van der Waals surface area contributed by atoms with Crippen molar-refractivity contribution in [2.75, 3.05) is 13.2 Å². The van der Waals surface area contributed by atoms with Crippen molar-refractivity contribution in [3.8, 4) is 11.5 Å². The van der Waals surface area contributed by atoms with Crippen LogP contribution in [0.25, 0.3) is 0 Å². The molecule has 2 N–H and O–H groups in total. The molecule has 0 heterocycles. The van der Waals surface area contributed by atoms with E-state index >= 15 is 0 Å². The lowest BCUT2D eigenvalue weighted by molar-refractivity contribution is -0.123. The molecule has 6 nitrogen and oxygen atoms in total. The SMILES string of the molecule is CCCCCCOc1ccc(Br)cc1C(=O)NNC(=O)COc1c(C)cccc1C. The van der Waals surface area contributed by atoms with Gasteiger partial charge in [-0.2, -0.15) is 0 Å². The topological polar surface area (TPSA) is 76.7 Å². The van der Waals surface area contributed by atoms with Crippen molar-refractivity contribution >= 4 is 27.7 Å². The van der Waals surface area contributed by atoms with Gasteiger partial charge in [0.1, 0.15) is 11.5 Å². The van der Waals surface area contributed by atoms with Crippen molar-refractivity contribution in [2.24, 2.45) is 0 Å². The number of rotatable bonds is 10. The average Bonchev–Trinajstić information content (AvgIpc) is 2.72. The second-order valence-corrected chi connectivity index (χ2v) is 7.98. The zero-order valence-corrected chi connectivity index (χ0v) is 19.3. The first-order valence-corrected chi connectivity index (χ1v) is 10.9. The van der Waals surface area contributed by atoms with Crippen LogP contribution in [0.1, 0.15) is 54.1 Å². The van der Waals surface area contributed by atoms with Crippen LogP contribution in [0.5, 0.6) is 11.5 Å². The lowest BCUT2D eigenvalue weighted by Crippen LogP contribution is -2.44. The van der Waals surface area contributed by atoms with Gasteiger partial charge in [0.05, 0.1) is 12.2 Å². The second kappa shape index (κ2) is 12.2. The van der Waals surface area contributed by atoms with Gasteiger partial charge >= 0.3 is 0 Å². The van der Waals surface area contributed by atoms with E-state index in [-0.39, 0.29) is 6.61 Å². The fourth-order valence-electron chi connectivity index (χ4n) is 2.91. The minimum atomic E-state index is -0.458. The number of benzene rings is 2. The second-order valence-electron chi connectivity index (χ2n) is 7.06. The van der Waals surface area contributed by atoms with Crippen LogP contribution >= 0.6 is 15.9 Å². The Balaban J connectivity index is 1.89. The molecular weight excluding hydrogens is 448 g/mol. The quantitative estimate of drug-likeness (QED) is 0.378. The highest BCUT2D eigenvalue weighted by Gasteiger charge is 2.15. The highest BCUT2D eigenvalue weighted by molar-refractivity contribution is 9.10. The number of hydrazine groups is 1. The number of para-hydroxylation sites is 1. The van der Waals surface area contributed by atoms with E-state index in [1.807, 2.05) is 38.1 Å². The largest absolute Gasteiger partial charge is 0.493 e. The number of amides is 2. The fraction of sp³-hybridized carbons (Fsp3) is 0.391. The lowest BCUT2D eigenvalue weighted by atomic mass is 10.1. The molecule has 0 aliphatic heterocycles. The Kier molecular flexibility index (Phi) is 9.67. The summed E-state index contributed by atoms with van der Waals surface area (Å²) in [5.41, 5.74) is 7.05. The summed E-state index contributed by atoms with van der Waals surface area (Å²) in [5, 5.41) is 0. The number of ether oxygens (including phenoxy) is 2. The Morgan fingerprint density at radius 2 is 1.70 bits per heavy atom. The predicted molar refractivity (Wildman–Crippen MR) is 121 cm³/mol. The van der Waals surface area contributed by atoms with Crippen molar-refractivity contribution in [1.82, 2.24) is 10.9 Å². The molecule has 0 aromatic heterocycles. The summed E-state index contributed by atoms with van der Waals surface area (Å²) < 4.78 is 12.1. The Bertz CT molecular complexity index is 850. The Morgan fingerprint density at radius 1 is 0.967 bits per heavy atom. The van der Waals surface area contributed by atoms with Gasteiger partial charge in [0.15, 0.2) is 6.61 Å². The molecule has 0 aliphatic rings. The van der Waals surface area contributed by atoms with E-state index in [2.05, 4.69) is 33.7 Å². The van der Waals surface area contributed by atoms with Gasteiger partial charge in [-0.05, 0) is 49.6 Å². The van der Waals surface area contributed by atoms with Crippen LogP contribution in [0.4, 0.5) is 0 Å². The number of carbonyl (C=O) groups is 2. The van der Waals surface area contributed by atoms with Gasteiger partial charge in [-0.3, -0.25) is 20.4 Å². The van der Waals surface area contributed by atoms with Crippen molar-refractivity contribution < 1.29 is 19.1 Å². The van der Waals surface area contributed by atoms with E-state index in [0.717, 1.165) is 41.3 Å². The molecule has 162 valence electrons. The average molecular weight is 477 g/mol. The number of nitrogens with one attached hydrogen (secondary N) is 2. The van der Waals surface area contributed by atoms with Crippen molar-refractivity contribution in [3.05, 3.63) is 57.6 Å². The summed E-state index contributed by atoms with van der Waals surface area (Å²) in [6.45, 7) is 6.32. The van der Waals surface area contributed by atoms with Crippen LogP contribution in [-0.4, -0.2) is 25.0 Å². The summed E-state index contributed by atoms with van der Waals surface area (Å²) in [4.78, 5) is 24.7. The van der Waals surface area contributed by atoms with Crippen molar-refractivity contribution in [2.45, 2.75) is 46.5 Å². The van der Waals surface area contributed by atoms with E-state index in [4.69, 9.17) is 9.47 Å². The van der Waals surface area contributed by atoms with Crippen LogP contribution in [0.3, 0.4) is 0 Å². The Hall–Kier alpha value is -2.54. The molecule has 0 saturated carbocycles. The fourth-order valence-corrected chi connectivity index (χ4v) is 3.27. The van der Waals surface area contributed by atoms with Crippen LogP contribution in [-0.2, 0) is 4.79 Å². The predicted octanol–water partition coefficient (Wildman–Crippen LogP) is 4.87. The van der Waals surface area contributed by atoms with Crippen LogP contribution in [0.2, 0.25) is 0 Å². The summed E-state index contributed by atoms with van der Waals surface area (Å²) in [5.74, 6) is 0.237. The molecular formula is C23H29BrN2O4. The summed E-state index contributed by atoms with van der Waals surface area (Å²) in [6, 6.07) is 11.0. The first-order valence-electron chi connectivity index (χ1n) is 10.1. The summed E-state index contributed by atoms with van der Waals surface area (Å²) in [6.07, 6.45) is 4.33. The maximum Gasteiger partial charge on any atom is 0.276 e. The standard InChI is InChI=1S/C23H29BrN2O4/c1-4-5-6-7-13-29-20-12-11-18(24)14-19(20)23(28)26-25-21(27)15-30-22-16(2)9-8-10-17(22)3/h8-12,14H,4-7,13,15H2,1-3H3,(H,25,27)(H,26,28). The Morgan fingerprint density at radius 3 is 2.40 bits per heavy atom. The highest BCUT2D eigenvalue weighted by Crippen LogP contribution is 2.24. The molecule has 0 fully saturated rings. The molecule has 2 aromatic rings. The number of hydrogen-bond acceptors (Lipinski definition) is 4. The van der Waals surface area contributed by atoms with E-state index in [1.54, 1.807) is 12.1 Å². The van der Waals surface area contributed by atoms with Gasteiger partial charge < -0.3 is 9.47 Å². The van der Waals surface area contributed by atoms with E-state index < -0.39 is 11.8 Å². The first-order chi connectivity index (χ1) is 14.4. The van der Waals surface area contributed by atoms with Crippen LogP contribution < -0.4 is 20.3 Å².